The highest BCUT2D eigenvalue weighted by molar-refractivity contribution is 5.96. The van der Waals surface area contributed by atoms with Gasteiger partial charge in [0.2, 0.25) is 0 Å². The van der Waals surface area contributed by atoms with Gasteiger partial charge in [0, 0.05) is 5.69 Å². The van der Waals surface area contributed by atoms with Gasteiger partial charge in [-0.05, 0) is 30.0 Å². The number of nitrogen functional groups attached to an aromatic ring is 1. The first-order valence-corrected chi connectivity index (χ1v) is 6.78. The second-order valence-corrected chi connectivity index (χ2v) is 5.01. The zero-order valence-corrected chi connectivity index (χ0v) is 12.1. The largest absolute Gasteiger partial charge is 0.462 e. The molecular formula is C16H20N2O2. The number of esters is 1. The van der Waals surface area contributed by atoms with Crippen LogP contribution >= 0.6 is 0 Å². The normalized spacial score (nSPS) is 10.8. The smallest absolute Gasteiger partial charge is 0.341 e. The number of aromatic nitrogens is 1. The lowest BCUT2D eigenvalue weighted by atomic mass is 10.0. The third kappa shape index (κ3) is 2.85. The number of nitrogens with one attached hydrogen (secondary N) is 1. The lowest BCUT2D eigenvalue weighted by molar-refractivity contribution is 0.0528. The average molecular weight is 272 g/mol. The van der Waals surface area contributed by atoms with Gasteiger partial charge < -0.3 is 15.5 Å². The summed E-state index contributed by atoms with van der Waals surface area (Å²) in [5, 5.41) is 0. The van der Waals surface area contributed by atoms with Gasteiger partial charge >= 0.3 is 5.97 Å². The van der Waals surface area contributed by atoms with Gasteiger partial charge in [-0.25, -0.2) is 4.79 Å². The highest BCUT2D eigenvalue weighted by Gasteiger charge is 2.15. The number of anilines is 1. The van der Waals surface area contributed by atoms with Gasteiger partial charge in [0.1, 0.15) is 11.4 Å². The summed E-state index contributed by atoms with van der Waals surface area (Å²) in [7, 11) is 0. The fourth-order valence-corrected chi connectivity index (χ4v) is 2.05. The van der Waals surface area contributed by atoms with Crippen molar-refractivity contribution in [3.63, 3.8) is 0 Å². The third-order valence-corrected chi connectivity index (χ3v) is 3.23. The maximum absolute atomic E-state index is 11.7. The maximum Gasteiger partial charge on any atom is 0.341 e. The Kier molecular flexibility index (Phi) is 4.13. The molecule has 0 bridgehead atoms. The number of aromatic amines is 1. The summed E-state index contributed by atoms with van der Waals surface area (Å²) in [6, 6.07) is 9.95. The molecule has 0 atom stereocenters. The standard InChI is InChI=1S/C16H20N2O2/c1-4-20-16(19)13-9-14(18-15(13)17)12-7-5-11(6-8-12)10(2)3/h5-10,18H,4,17H2,1-3H3. The van der Waals surface area contributed by atoms with Crippen LogP contribution < -0.4 is 5.73 Å². The number of hydrogen-bond acceptors (Lipinski definition) is 3. The second-order valence-electron chi connectivity index (χ2n) is 5.01. The summed E-state index contributed by atoms with van der Waals surface area (Å²) >= 11 is 0. The van der Waals surface area contributed by atoms with E-state index < -0.39 is 5.97 Å². The zero-order chi connectivity index (χ0) is 14.7. The molecule has 1 aromatic carbocycles. The first-order chi connectivity index (χ1) is 9.52. The highest BCUT2D eigenvalue weighted by atomic mass is 16.5. The van der Waals surface area contributed by atoms with Gasteiger partial charge in [-0.15, -0.1) is 0 Å². The number of benzene rings is 1. The molecule has 20 heavy (non-hydrogen) atoms. The molecular weight excluding hydrogens is 252 g/mol. The van der Waals surface area contributed by atoms with Crippen molar-refractivity contribution in [1.29, 1.82) is 0 Å². The Balaban J connectivity index is 2.29. The van der Waals surface area contributed by atoms with E-state index in [1.54, 1.807) is 13.0 Å². The van der Waals surface area contributed by atoms with Crippen molar-refractivity contribution in [1.82, 2.24) is 4.98 Å². The molecule has 2 rings (SSSR count). The van der Waals surface area contributed by atoms with Crippen molar-refractivity contribution in [2.24, 2.45) is 0 Å². The minimum Gasteiger partial charge on any atom is -0.462 e. The molecule has 1 aromatic heterocycles. The van der Waals surface area contributed by atoms with E-state index in [0.717, 1.165) is 11.3 Å². The van der Waals surface area contributed by atoms with Crippen molar-refractivity contribution >= 4 is 11.8 Å². The number of nitrogens with two attached hydrogens (primary N) is 1. The molecule has 3 N–H and O–H groups in total. The number of carbonyl (C=O) groups excluding carboxylic acids is 1. The second kappa shape index (κ2) is 5.82. The van der Waals surface area contributed by atoms with Crippen LogP contribution in [-0.2, 0) is 4.74 Å². The van der Waals surface area contributed by atoms with Crippen LogP contribution in [0.2, 0.25) is 0 Å². The van der Waals surface area contributed by atoms with E-state index >= 15 is 0 Å². The number of rotatable bonds is 4. The molecule has 0 unspecified atom stereocenters. The topological polar surface area (TPSA) is 68.1 Å². The monoisotopic (exact) mass is 272 g/mol. The average Bonchev–Trinajstić information content (AvgIpc) is 2.81. The van der Waals surface area contributed by atoms with E-state index in [1.807, 2.05) is 12.1 Å². The van der Waals surface area contributed by atoms with Crippen molar-refractivity contribution in [2.45, 2.75) is 26.7 Å². The highest BCUT2D eigenvalue weighted by Crippen LogP contribution is 2.25. The van der Waals surface area contributed by atoms with E-state index in [9.17, 15) is 4.79 Å². The van der Waals surface area contributed by atoms with Crippen LogP contribution in [0, 0.1) is 0 Å². The van der Waals surface area contributed by atoms with Gasteiger partial charge in [0.15, 0.2) is 0 Å². The Hall–Kier alpha value is -2.23. The quantitative estimate of drug-likeness (QED) is 0.836. The molecule has 2 aromatic rings. The molecule has 0 fully saturated rings. The van der Waals surface area contributed by atoms with E-state index in [4.69, 9.17) is 10.5 Å². The van der Waals surface area contributed by atoms with Crippen molar-refractivity contribution < 1.29 is 9.53 Å². The Morgan fingerprint density at radius 3 is 2.50 bits per heavy atom. The number of carbonyl (C=O) groups is 1. The van der Waals surface area contributed by atoms with Crippen molar-refractivity contribution in [3.05, 3.63) is 41.5 Å². The Morgan fingerprint density at radius 2 is 1.95 bits per heavy atom. The van der Waals surface area contributed by atoms with Gasteiger partial charge in [-0.2, -0.15) is 0 Å². The lowest BCUT2D eigenvalue weighted by Crippen LogP contribution is -2.05. The zero-order valence-electron chi connectivity index (χ0n) is 12.1. The van der Waals surface area contributed by atoms with Crippen molar-refractivity contribution in [2.75, 3.05) is 12.3 Å². The van der Waals surface area contributed by atoms with Crippen molar-refractivity contribution in [3.8, 4) is 11.3 Å². The summed E-state index contributed by atoms with van der Waals surface area (Å²) in [5.41, 5.74) is 9.31. The Morgan fingerprint density at radius 1 is 1.30 bits per heavy atom. The van der Waals surface area contributed by atoms with E-state index in [0.29, 0.717) is 23.9 Å². The molecule has 0 saturated carbocycles. The molecule has 0 spiro atoms. The summed E-state index contributed by atoms with van der Waals surface area (Å²) in [5.74, 6) is 0.436. The minimum atomic E-state index is -0.397. The summed E-state index contributed by atoms with van der Waals surface area (Å²) in [6.07, 6.45) is 0. The van der Waals surface area contributed by atoms with E-state index in [2.05, 4.69) is 31.0 Å². The number of hydrogen-bond donors (Lipinski definition) is 2. The first kappa shape index (κ1) is 14.2. The summed E-state index contributed by atoms with van der Waals surface area (Å²) < 4.78 is 4.97. The molecule has 0 aliphatic rings. The van der Waals surface area contributed by atoms with Gasteiger partial charge in [-0.1, -0.05) is 38.1 Å². The van der Waals surface area contributed by atoms with Crippen LogP contribution in [-0.4, -0.2) is 17.6 Å². The van der Waals surface area contributed by atoms with Crippen LogP contribution in [0.5, 0.6) is 0 Å². The van der Waals surface area contributed by atoms with Crippen LogP contribution in [0.25, 0.3) is 11.3 Å². The fraction of sp³-hybridized carbons (Fsp3) is 0.312. The molecule has 4 nitrogen and oxygen atoms in total. The molecule has 0 saturated heterocycles. The predicted octanol–water partition coefficient (Wildman–Crippen LogP) is 3.56. The van der Waals surface area contributed by atoms with Crippen LogP contribution in [0.4, 0.5) is 5.82 Å². The van der Waals surface area contributed by atoms with Gasteiger partial charge in [-0.3, -0.25) is 0 Å². The summed E-state index contributed by atoms with van der Waals surface area (Å²) in [4.78, 5) is 14.8. The van der Waals surface area contributed by atoms with E-state index in [-0.39, 0.29) is 0 Å². The van der Waals surface area contributed by atoms with E-state index in [1.165, 1.54) is 5.56 Å². The first-order valence-electron chi connectivity index (χ1n) is 6.78. The predicted molar refractivity (Wildman–Crippen MR) is 80.7 cm³/mol. The van der Waals surface area contributed by atoms with Crippen LogP contribution in [0.15, 0.2) is 30.3 Å². The maximum atomic E-state index is 11.7. The Bertz CT molecular complexity index is 597. The van der Waals surface area contributed by atoms with Crippen LogP contribution in [0.1, 0.15) is 42.6 Å². The molecule has 0 radical (unpaired) electrons. The van der Waals surface area contributed by atoms with Crippen LogP contribution in [0.3, 0.4) is 0 Å². The molecule has 0 aliphatic heterocycles. The minimum absolute atomic E-state index is 0.335. The SMILES string of the molecule is CCOC(=O)c1cc(-c2ccc(C(C)C)cc2)[nH]c1N. The number of ether oxygens (including phenoxy) is 1. The molecule has 106 valence electrons. The molecule has 0 amide bonds. The Labute approximate surface area is 119 Å². The summed E-state index contributed by atoms with van der Waals surface area (Å²) in [6.45, 7) is 6.41. The third-order valence-electron chi connectivity index (χ3n) is 3.23. The lowest BCUT2D eigenvalue weighted by Gasteiger charge is -2.05. The molecule has 0 aliphatic carbocycles. The molecule has 1 heterocycles. The fourth-order valence-electron chi connectivity index (χ4n) is 2.05. The number of H-pyrrole nitrogens is 1. The van der Waals surface area contributed by atoms with Gasteiger partial charge in [0.25, 0.3) is 0 Å². The van der Waals surface area contributed by atoms with Gasteiger partial charge in [0.05, 0.1) is 6.61 Å². The molecule has 4 heteroatoms.